The molecular weight excluding hydrogens is 200 g/mol. The highest BCUT2D eigenvalue weighted by Gasteiger charge is 2.22. The molecule has 0 rings (SSSR count). The summed E-state index contributed by atoms with van der Waals surface area (Å²) in [5.74, 6) is -0.605. The zero-order valence-electron chi connectivity index (χ0n) is 9.05. The summed E-state index contributed by atoms with van der Waals surface area (Å²) in [6.45, 7) is 3.39. The molecule has 5 heteroatoms. The van der Waals surface area contributed by atoms with Crippen LogP contribution < -0.4 is 0 Å². The van der Waals surface area contributed by atoms with Crippen LogP contribution in [-0.4, -0.2) is 41.8 Å². The summed E-state index contributed by atoms with van der Waals surface area (Å²) < 4.78 is 9.86. The number of ether oxygens (including phenoxy) is 2. The Kier molecular flexibility index (Phi) is 7.89. The maximum absolute atomic E-state index is 11.1. The van der Waals surface area contributed by atoms with Gasteiger partial charge in [0, 0.05) is 6.08 Å². The zero-order valence-corrected chi connectivity index (χ0v) is 9.05. The van der Waals surface area contributed by atoms with Gasteiger partial charge in [-0.15, -0.1) is 0 Å². The fourth-order valence-corrected chi connectivity index (χ4v) is 0.834. The molecule has 0 heterocycles. The lowest BCUT2D eigenvalue weighted by atomic mass is 10.3. The Balaban J connectivity index is 4.16. The van der Waals surface area contributed by atoms with Crippen molar-refractivity contribution in [3.63, 3.8) is 0 Å². The van der Waals surface area contributed by atoms with E-state index in [0.29, 0.717) is 6.61 Å². The van der Waals surface area contributed by atoms with Gasteiger partial charge in [-0.25, -0.2) is 4.79 Å². The van der Waals surface area contributed by atoms with E-state index >= 15 is 0 Å². The Morgan fingerprint density at radius 3 is 2.67 bits per heavy atom. The van der Waals surface area contributed by atoms with Crippen LogP contribution in [0.15, 0.2) is 12.2 Å². The molecule has 0 aliphatic rings. The molecule has 15 heavy (non-hydrogen) atoms. The van der Waals surface area contributed by atoms with E-state index in [2.05, 4.69) is 0 Å². The largest absolute Gasteiger partial charge is 0.430 e. The number of carbonyl (C=O) groups excluding carboxylic acids is 1. The fourth-order valence-electron chi connectivity index (χ4n) is 0.834. The topological polar surface area (TPSA) is 76.0 Å². The molecule has 88 valence electrons. The van der Waals surface area contributed by atoms with Crippen molar-refractivity contribution in [1.29, 1.82) is 0 Å². The number of hydrogen-bond acceptors (Lipinski definition) is 5. The summed E-state index contributed by atoms with van der Waals surface area (Å²) in [6.07, 6.45) is 1.14. The van der Waals surface area contributed by atoms with Gasteiger partial charge in [0.2, 0.25) is 6.29 Å². The number of carbonyl (C=O) groups is 1. The predicted octanol–water partition coefficient (Wildman–Crippen LogP) is 0.212. The molecule has 2 unspecified atom stereocenters. The normalized spacial score (nSPS) is 15.2. The van der Waals surface area contributed by atoms with E-state index < -0.39 is 25.0 Å². The molecule has 0 aromatic rings. The van der Waals surface area contributed by atoms with Gasteiger partial charge in [-0.3, -0.25) is 0 Å². The SMILES string of the molecule is CC=CC(=O)OC(OCCC)C(O)CO. The minimum atomic E-state index is -1.22. The molecular formula is C10H18O5. The van der Waals surface area contributed by atoms with Gasteiger partial charge in [0.1, 0.15) is 6.10 Å². The van der Waals surface area contributed by atoms with Gasteiger partial charge in [0.15, 0.2) is 0 Å². The second-order valence-electron chi connectivity index (χ2n) is 2.93. The maximum atomic E-state index is 11.1. The Bertz CT molecular complexity index is 202. The first kappa shape index (κ1) is 14.1. The lowest BCUT2D eigenvalue weighted by Gasteiger charge is -2.20. The van der Waals surface area contributed by atoms with E-state index in [1.54, 1.807) is 6.92 Å². The third kappa shape index (κ3) is 6.22. The second kappa shape index (κ2) is 8.40. The summed E-state index contributed by atoms with van der Waals surface area (Å²) in [5.41, 5.74) is 0. The van der Waals surface area contributed by atoms with Crippen molar-refractivity contribution in [2.24, 2.45) is 0 Å². The number of rotatable bonds is 7. The molecule has 5 nitrogen and oxygen atoms in total. The standard InChI is InChI=1S/C10H18O5/c1-3-5-9(13)15-10(8(12)7-11)14-6-4-2/h3,5,8,10-12H,4,6-7H2,1-2H3. The van der Waals surface area contributed by atoms with Crippen molar-refractivity contribution < 1.29 is 24.5 Å². The molecule has 0 aromatic heterocycles. The van der Waals surface area contributed by atoms with Gasteiger partial charge in [-0.2, -0.15) is 0 Å². The lowest BCUT2D eigenvalue weighted by molar-refractivity contribution is -0.203. The third-order valence-corrected chi connectivity index (χ3v) is 1.52. The number of esters is 1. The average molecular weight is 218 g/mol. The smallest absolute Gasteiger partial charge is 0.332 e. The monoisotopic (exact) mass is 218 g/mol. The molecule has 0 saturated carbocycles. The molecule has 0 aliphatic heterocycles. The van der Waals surface area contributed by atoms with Gasteiger partial charge in [-0.05, 0) is 13.3 Å². The van der Waals surface area contributed by atoms with E-state index in [4.69, 9.17) is 14.6 Å². The summed E-state index contributed by atoms with van der Waals surface area (Å²) in [4.78, 5) is 11.1. The van der Waals surface area contributed by atoms with Crippen molar-refractivity contribution in [2.45, 2.75) is 32.7 Å². The molecule has 0 spiro atoms. The summed E-state index contributed by atoms with van der Waals surface area (Å²) in [5, 5.41) is 18.0. The van der Waals surface area contributed by atoms with Crippen LogP contribution in [0.25, 0.3) is 0 Å². The maximum Gasteiger partial charge on any atom is 0.332 e. The lowest BCUT2D eigenvalue weighted by Crippen LogP contribution is -2.36. The van der Waals surface area contributed by atoms with Crippen LogP contribution in [0.5, 0.6) is 0 Å². The van der Waals surface area contributed by atoms with Crippen molar-refractivity contribution in [3.8, 4) is 0 Å². The summed E-state index contributed by atoms with van der Waals surface area (Å²) in [6, 6.07) is 0. The first-order valence-electron chi connectivity index (χ1n) is 4.89. The summed E-state index contributed by atoms with van der Waals surface area (Å²) in [7, 11) is 0. The number of aliphatic hydroxyl groups is 2. The molecule has 0 aromatic carbocycles. The molecule has 2 N–H and O–H groups in total. The summed E-state index contributed by atoms with van der Waals surface area (Å²) >= 11 is 0. The Morgan fingerprint density at radius 1 is 1.53 bits per heavy atom. The fraction of sp³-hybridized carbons (Fsp3) is 0.700. The average Bonchev–Trinajstić information content (AvgIpc) is 2.23. The minimum Gasteiger partial charge on any atom is -0.430 e. The first-order valence-corrected chi connectivity index (χ1v) is 4.89. The predicted molar refractivity (Wildman–Crippen MR) is 54.0 cm³/mol. The van der Waals surface area contributed by atoms with Crippen LogP contribution in [0.4, 0.5) is 0 Å². The Hall–Kier alpha value is -0.910. The molecule has 0 saturated heterocycles. The van der Waals surface area contributed by atoms with E-state index in [1.165, 1.54) is 12.2 Å². The van der Waals surface area contributed by atoms with Crippen molar-refractivity contribution in [1.82, 2.24) is 0 Å². The number of allylic oxidation sites excluding steroid dienone is 1. The quantitative estimate of drug-likeness (QED) is 0.363. The van der Waals surface area contributed by atoms with Crippen LogP contribution in [-0.2, 0) is 14.3 Å². The highest BCUT2D eigenvalue weighted by atomic mass is 16.7. The highest BCUT2D eigenvalue weighted by Crippen LogP contribution is 2.03. The van der Waals surface area contributed by atoms with Gasteiger partial charge in [0.25, 0.3) is 0 Å². The molecule has 0 aliphatic carbocycles. The zero-order chi connectivity index (χ0) is 11.7. The van der Waals surface area contributed by atoms with E-state index in [9.17, 15) is 9.90 Å². The first-order chi connectivity index (χ1) is 7.15. The van der Waals surface area contributed by atoms with Gasteiger partial charge < -0.3 is 19.7 Å². The van der Waals surface area contributed by atoms with E-state index in [-0.39, 0.29) is 0 Å². The number of aliphatic hydroxyl groups excluding tert-OH is 2. The van der Waals surface area contributed by atoms with Gasteiger partial charge >= 0.3 is 5.97 Å². The molecule has 0 radical (unpaired) electrons. The molecule has 0 bridgehead atoms. The van der Waals surface area contributed by atoms with Crippen LogP contribution in [0.3, 0.4) is 0 Å². The molecule has 0 amide bonds. The number of hydrogen-bond donors (Lipinski definition) is 2. The van der Waals surface area contributed by atoms with Crippen molar-refractivity contribution in [3.05, 3.63) is 12.2 Å². The Morgan fingerprint density at radius 2 is 2.20 bits per heavy atom. The third-order valence-electron chi connectivity index (χ3n) is 1.52. The van der Waals surface area contributed by atoms with E-state index in [0.717, 1.165) is 6.42 Å². The van der Waals surface area contributed by atoms with Crippen LogP contribution >= 0.6 is 0 Å². The van der Waals surface area contributed by atoms with Crippen LogP contribution in [0, 0.1) is 0 Å². The Labute approximate surface area is 89.3 Å². The van der Waals surface area contributed by atoms with Crippen molar-refractivity contribution >= 4 is 5.97 Å². The van der Waals surface area contributed by atoms with Crippen molar-refractivity contribution in [2.75, 3.05) is 13.2 Å². The minimum absolute atomic E-state index is 0.352. The van der Waals surface area contributed by atoms with E-state index in [1.807, 2.05) is 6.92 Å². The van der Waals surface area contributed by atoms with Gasteiger partial charge in [-0.1, -0.05) is 13.0 Å². The van der Waals surface area contributed by atoms with Crippen LogP contribution in [0.2, 0.25) is 0 Å². The second-order valence-corrected chi connectivity index (χ2v) is 2.93. The van der Waals surface area contributed by atoms with Gasteiger partial charge in [0.05, 0.1) is 13.2 Å². The van der Waals surface area contributed by atoms with Crippen LogP contribution in [0.1, 0.15) is 20.3 Å². The highest BCUT2D eigenvalue weighted by molar-refractivity contribution is 5.81. The molecule has 2 atom stereocenters. The molecule has 0 fully saturated rings.